The largest absolute Gasteiger partial charge is 0.328 e. The van der Waals surface area contributed by atoms with Gasteiger partial charge in [-0.3, -0.25) is 14.3 Å². The zero-order chi connectivity index (χ0) is 10.7. The Labute approximate surface area is 87.5 Å². The molecular formula is C9H18N2O2S. The predicted octanol–water partition coefficient (Wildman–Crippen LogP) is -0.221. The third kappa shape index (κ3) is 2.78. The van der Waals surface area contributed by atoms with Crippen LogP contribution in [0.3, 0.4) is 0 Å². The van der Waals surface area contributed by atoms with Gasteiger partial charge in [0.2, 0.25) is 5.91 Å². The standard InChI is InChI=1S/C9H18N2O2S/c1-7(2)8-9(12)11(6-10-8)4-5-14(3)13/h7-8,10H,4-6H2,1-3H3. The average molecular weight is 218 g/mol. The number of hydrogen-bond acceptors (Lipinski definition) is 3. The molecule has 1 N–H and O–H groups in total. The summed E-state index contributed by atoms with van der Waals surface area (Å²) in [4.78, 5) is 13.5. The molecule has 1 aliphatic rings. The summed E-state index contributed by atoms with van der Waals surface area (Å²) in [5, 5.41) is 3.16. The number of amides is 1. The third-order valence-corrected chi connectivity index (χ3v) is 3.15. The van der Waals surface area contributed by atoms with Crippen molar-refractivity contribution in [1.29, 1.82) is 0 Å². The van der Waals surface area contributed by atoms with Crippen LogP contribution < -0.4 is 5.32 Å². The minimum atomic E-state index is -0.820. The van der Waals surface area contributed by atoms with E-state index >= 15 is 0 Å². The van der Waals surface area contributed by atoms with Crippen molar-refractivity contribution in [2.24, 2.45) is 5.92 Å². The molecule has 1 heterocycles. The fourth-order valence-electron chi connectivity index (χ4n) is 1.52. The van der Waals surface area contributed by atoms with E-state index in [1.807, 2.05) is 13.8 Å². The zero-order valence-corrected chi connectivity index (χ0v) is 9.76. The van der Waals surface area contributed by atoms with Gasteiger partial charge >= 0.3 is 0 Å². The van der Waals surface area contributed by atoms with Crippen molar-refractivity contribution < 1.29 is 9.00 Å². The first-order valence-electron chi connectivity index (χ1n) is 4.84. The van der Waals surface area contributed by atoms with Crippen LogP contribution in [0.2, 0.25) is 0 Å². The highest BCUT2D eigenvalue weighted by atomic mass is 32.2. The molecule has 2 unspecified atom stereocenters. The molecule has 0 aromatic rings. The van der Waals surface area contributed by atoms with Gasteiger partial charge in [0.15, 0.2) is 0 Å². The zero-order valence-electron chi connectivity index (χ0n) is 8.95. The highest BCUT2D eigenvalue weighted by Crippen LogP contribution is 2.11. The van der Waals surface area contributed by atoms with E-state index in [1.54, 1.807) is 11.2 Å². The van der Waals surface area contributed by atoms with E-state index in [9.17, 15) is 9.00 Å². The van der Waals surface area contributed by atoms with Crippen molar-refractivity contribution >= 4 is 16.7 Å². The summed E-state index contributed by atoms with van der Waals surface area (Å²) in [6, 6.07) is -0.0553. The molecule has 1 aliphatic heterocycles. The predicted molar refractivity (Wildman–Crippen MR) is 57.3 cm³/mol. The fourth-order valence-corrected chi connectivity index (χ4v) is 2.00. The summed E-state index contributed by atoms with van der Waals surface area (Å²) >= 11 is 0. The smallest absolute Gasteiger partial charge is 0.241 e. The van der Waals surface area contributed by atoms with Crippen molar-refractivity contribution in [2.75, 3.05) is 25.2 Å². The Morgan fingerprint density at radius 3 is 2.71 bits per heavy atom. The average Bonchev–Trinajstić information content (AvgIpc) is 2.43. The van der Waals surface area contributed by atoms with Crippen molar-refractivity contribution in [2.45, 2.75) is 19.9 Å². The topological polar surface area (TPSA) is 49.4 Å². The van der Waals surface area contributed by atoms with Gasteiger partial charge in [0.25, 0.3) is 0 Å². The van der Waals surface area contributed by atoms with Gasteiger partial charge in [-0.1, -0.05) is 13.8 Å². The molecule has 14 heavy (non-hydrogen) atoms. The van der Waals surface area contributed by atoms with Crippen LogP contribution in [0.5, 0.6) is 0 Å². The van der Waals surface area contributed by atoms with Gasteiger partial charge in [0.1, 0.15) is 0 Å². The summed E-state index contributed by atoms with van der Waals surface area (Å²) in [7, 11) is -0.820. The molecule has 1 fully saturated rings. The molecule has 1 amide bonds. The molecule has 2 atom stereocenters. The van der Waals surface area contributed by atoms with Crippen LogP contribution in [0.15, 0.2) is 0 Å². The number of carbonyl (C=O) groups excluding carboxylic acids is 1. The Balaban J connectivity index is 2.43. The van der Waals surface area contributed by atoms with Gasteiger partial charge in [-0.05, 0) is 5.92 Å². The molecule has 0 bridgehead atoms. The van der Waals surface area contributed by atoms with Crippen molar-refractivity contribution in [3.63, 3.8) is 0 Å². The van der Waals surface area contributed by atoms with Crippen LogP contribution >= 0.6 is 0 Å². The lowest BCUT2D eigenvalue weighted by molar-refractivity contribution is -0.129. The van der Waals surface area contributed by atoms with Gasteiger partial charge in [0, 0.05) is 29.4 Å². The Kier molecular flexibility index (Phi) is 4.07. The minimum absolute atomic E-state index is 0.0553. The maximum Gasteiger partial charge on any atom is 0.241 e. The fraction of sp³-hybridized carbons (Fsp3) is 0.889. The Bertz CT molecular complexity index is 243. The van der Waals surface area contributed by atoms with Crippen molar-refractivity contribution in [3.8, 4) is 0 Å². The van der Waals surface area contributed by atoms with Crippen LogP contribution in [0.1, 0.15) is 13.8 Å². The first kappa shape index (κ1) is 11.7. The summed E-state index contributed by atoms with van der Waals surface area (Å²) < 4.78 is 10.9. The second-order valence-corrected chi connectivity index (χ2v) is 5.52. The van der Waals surface area contributed by atoms with Crippen LogP contribution in [-0.4, -0.2) is 46.3 Å². The summed E-state index contributed by atoms with van der Waals surface area (Å²) in [6.45, 7) is 5.24. The van der Waals surface area contributed by atoms with E-state index in [1.165, 1.54) is 0 Å². The lowest BCUT2D eigenvalue weighted by Gasteiger charge is -2.15. The highest BCUT2D eigenvalue weighted by Gasteiger charge is 2.32. The Hall–Kier alpha value is -0.420. The van der Waals surface area contributed by atoms with Gasteiger partial charge in [-0.15, -0.1) is 0 Å². The molecule has 4 nitrogen and oxygen atoms in total. The number of rotatable bonds is 4. The summed E-state index contributed by atoms with van der Waals surface area (Å²) in [5.41, 5.74) is 0. The monoisotopic (exact) mass is 218 g/mol. The van der Waals surface area contributed by atoms with E-state index < -0.39 is 10.8 Å². The lowest BCUT2D eigenvalue weighted by Crippen LogP contribution is -2.35. The van der Waals surface area contributed by atoms with Crippen molar-refractivity contribution in [3.05, 3.63) is 0 Å². The first-order valence-corrected chi connectivity index (χ1v) is 6.57. The quantitative estimate of drug-likeness (QED) is 0.709. The van der Waals surface area contributed by atoms with E-state index in [0.717, 1.165) is 0 Å². The minimum Gasteiger partial charge on any atom is -0.328 e. The first-order chi connectivity index (χ1) is 6.52. The van der Waals surface area contributed by atoms with Gasteiger partial charge in [-0.25, -0.2) is 0 Å². The molecule has 0 spiro atoms. The maximum atomic E-state index is 11.7. The third-order valence-electron chi connectivity index (χ3n) is 2.40. The molecule has 0 saturated carbocycles. The van der Waals surface area contributed by atoms with Crippen molar-refractivity contribution in [1.82, 2.24) is 10.2 Å². The molecule has 82 valence electrons. The number of carbonyl (C=O) groups is 1. The molecule has 0 aromatic heterocycles. The summed E-state index contributed by atoms with van der Waals surface area (Å²) in [5.74, 6) is 1.03. The van der Waals surface area contributed by atoms with Gasteiger partial charge < -0.3 is 4.90 Å². The van der Waals surface area contributed by atoms with Crippen LogP contribution in [0.25, 0.3) is 0 Å². The van der Waals surface area contributed by atoms with Gasteiger partial charge in [0.05, 0.1) is 12.7 Å². The van der Waals surface area contributed by atoms with Crippen LogP contribution in [0, 0.1) is 5.92 Å². The molecule has 1 rings (SSSR count). The number of nitrogens with zero attached hydrogens (tertiary/aromatic N) is 1. The molecular weight excluding hydrogens is 200 g/mol. The van der Waals surface area contributed by atoms with Crippen LogP contribution in [-0.2, 0) is 15.6 Å². The molecule has 1 saturated heterocycles. The highest BCUT2D eigenvalue weighted by molar-refractivity contribution is 7.84. The summed E-state index contributed by atoms with van der Waals surface area (Å²) in [6.07, 6.45) is 1.66. The molecule has 0 aliphatic carbocycles. The molecule has 0 aromatic carbocycles. The van der Waals surface area contributed by atoms with E-state index in [2.05, 4.69) is 5.32 Å². The Morgan fingerprint density at radius 1 is 1.64 bits per heavy atom. The molecule has 5 heteroatoms. The maximum absolute atomic E-state index is 11.7. The SMILES string of the molecule is CC(C)C1NCN(CCS(C)=O)C1=O. The lowest BCUT2D eigenvalue weighted by atomic mass is 10.1. The second-order valence-electron chi connectivity index (χ2n) is 3.96. The van der Waals surface area contributed by atoms with E-state index in [-0.39, 0.29) is 11.9 Å². The van der Waals surface area contributed by atoms with Gasteiger partial charge in [-0.2, -0.15) is 0 Å². The Morgan fingerprint density at radius 2 is 2.29 bits per heavy atom. The number of hydrogen-bond donors (Lipinski definition) is 1. The van der Waals surface area contributed by atoms with E-state index in [0.29, 0.717) is 24.9 Å². The number of nitrogens with one attached hydrogen (secondary N) is 1. The van der Waals surface area contributed by atoms with E-state index in [4.69, 9.17) is 0 Å². The normalized spacial score (nSPS) is 24.7. The van der Waals surface area contributed by atoms with Crippen LogP contribution in [0.4, 0.5) is 0 Å². The molecule has 0 radical (unpaired) electrons. The second kappa shape index (κ2) is 4.89.